The Morgan fingerprint density at radius 1 is 1.05 bits per heavy atom. The van der Waals surface area contributed by atoms with E-state index in [1.807, 2.05) is 0 Å². The van der Waals surface area contributed by atoms with E-state index in [2.05, 4.69) is 10.6 Å². The number of hydrogen-bond donors (Lipinski definition) is 3. The third-order valence-electron chi connectivity index (χ3n) is 2.77. The van der Waals surface area contributed by atoms with Gasteiger partial charge in [0.05, 0.1) is 6.26 Å². The summed E-state index contributed by atoms with van der Waals surface area (Å²) in [5.41, 5.74) is 0. The van der Waals surface area contributed by atoms with Crippen LogP contribution < -0.4 is 10.6 Å². The highest BCUT2D eigenvalue weighted by Gasteiger charge is 2.08. The van der Waals surface area contributed by atoms with Crippen molar-refractivity contribution in [1.29, 1.82) is 0 Å². The molecule has 7 nitrogen and oxygen atoms in total. The summed E-state index contributed by atoms with van der Waals surface area (Å²) in [6, 6.07) is 3.17. The summed E-state index contributed by atoms with van der Waals surface area (Å²) in [7, 11) is 0. The number of rotatable bonds is 10. The van der Waals surface area contributed by atoms with E-state index in [1.165, 1.54) is 6.26 Å². The van der Waals surface area contributed by atoms with E-state index in [1.54, 1.807) is 12.1 Å². The van der Waals surface area contributed by atoms with Crippen LogP contribution in [-0.4, -0.2) is 36.0 Å². The van der Waals surface area contributed by atoms with Gasteiger partial charge < -0.3 is 20.2 Å². The molecule has 0 saturated heterocycles. The Labute approximate surface area is 122 Å². The summed E-state index contributed by atoms with van der Waals surface area (Å²) in [5.74, 6) is -1.07. The highest BCUT2D eigenvalue weighted by atomic mass is 16.4. The first-order chi connectivity index (χ1) is 10.1. The van der Waals surface area contributed by atoms with Crippen LogP contribution in [0.3, 0.4) is 0 Å². The lowest BCUT2D eigenvalue weighted by Gasteiger charge is -2.05. The average Bonchev–Trinajstić information content (AvgIpc) is 2.96. The first-order valence-corrected chi connectivity index (χ1v) is 6.90. The number of amides is 2. The molecule has 7 heteroatoms. The summed E-state index contributed by atoms with van der Waals surface area (Å²) >= 11 is 0. The van der Waals surface area contributed by atoms with E-state index < -0.39 is 5.97 Å². The first kappa shape index (κ1) is 16.7. The third-order valence-corrected chi connectivity index (χ3v) is 2.77. The molecule has 1 heterocycles. The molecule has 3 N–H and O–H groups in total. The maximum Gasteiger partial charge on any atom is 0.303 e. The van der Waals surface area contributed by atoms with Gasteiger partial charge in [0, 0.05) is 25.9 Å². The van der Waals surface area contributed by atoms with Crippen molar-refractivity contribution in [2.24, 2.45) is 0 Å². The second-order valence-electron chi connectivity index (χ2n) is 4.54. The topological polar surface area (TPSA) is 109 Å². The third kappa shape index (κ3) is 7.76. The van der Waals surface area contributed by atoms with Gasteiger partial charge in [-0.1, -0.05) is 6.42 Å². The van der Waals surface area contributed by atoms with Gasteiger partial charge in [-0.3, -0.25) is 14.4 Å². The molecule has 0 fully saturated rings. The molecule has 0 aliphatic carbocycles. The molecular formula is C14H20N2O5. The minimum atomic E-state index is -0.800. The van der Waals surface area contributed by atoms with Crippen LogP contribution in [-0.2, 0) is 9.59 Å². The van der Waals surface area contributed by atoms with Crippen molar-refractivity contribution in [3.63, 3.8) is 0 Å². The second kappa shape index (κ2) is 9.57. The van der Waals surface area contributed by atoms with Crippen molar-refractivity contribution in [2.75, 3.05) is 13.1 Å². The summed E-state index contributed by atoms with van der Waals surface area (Å²) < 4.78 is 4.92. The van der Waals surface area contributed by atoms with Crippen molar-refractivity contribution in [3.05, 3.63) is 24.2 Å². The number of aliphatic carboxylic acids is 1. The lowest BCUT2D eigenvalue weighted by molar-refractivity contribution is -0.137. The van der Waals surface area contributed by atoms with Crippen molar-refractivity contribution in [2.45, 2.75) is 32.1 Å². The number of carbonyl (C=O) groups excluding carboxylic acids is 2. The number of unbranched alkanes of at least 4 members (excludes halogenated alkanes) is 2. The van der Waals surface area contributed by atoms with Gasteiger partial charge in [0.25, 0.3) is 5.91 Å². The minimum absolute atomic E-state index is 0.145. The van der Waals surface area contributed by atoms with Gasteiger partial charge in [0.1, 0.15) is 0 Å². The Balaban J connectivity index is 1.99. The summed E-state index contributed by atoms with van der Waals surface area (Å²) in [6.45, 7) is 0.759. The van der Waals surface area contributed by atoms with Crippen LogP contribution in [0.4, 0.5) is 0 Å². The molecule has 2 amide bonds. The zero-order valence-corrected chi connectivity index (χ0v) is 11.8. The minimum Gasteiger partial charge on any atom is -0.481 e. The molecule has 0 unspecified atom stereocenters. The highest BCUT2D eigenvalue weighted by Crippen LogP contribution is 1.99. The number of carbonyl (C=O) groups is 3. The van der Waals surface area contributed by atoms with Gasteiger partial charge in [0.15, 0.2) is 5.76 Å². The number of nitrogens with one attached hydrogen (secondary N) is 2. The van der Waals surface area contributed by atoms with E-state index >= 15 is 0 Å². The van der Waals surface area contributed by atoms with E-state index in [-0.39, 0.29) is 37.0 Å². The molecule has 1 aromatic rings. The monoisotopic (exact) mass is 296 g/mol. The van der Waals surface area contributed by atoms with Crippen molar-refractivity contribution in [1.82, 2.24) is 10.6 Å². The van der Waals surface area contributed by atoms with Crippen molar-refractivity contribution in [3.8, 4) is 0 Å². The lowest BCUT2D eigenvalue weighted by Crippen LogP contribution is -2.31. The van der Waals surface area contributed by atoms with Crippen LogP contribution in [0, 0.1) is 0 Å². The summed E-state index contributed by atoms with van der Waals surface area (Å²) in [5, 5.41) is 13.8. The SMILES string of the molecule is O=C(O)CCCCCNC(=O)CCNC(=O)c1ccco1. The van der Waals surface area contributed by atoms with Crippen LogP contribution in [0.2, 0.25) is 0 Å². The lowest BCUT2D eigenvalue weighted by atomic mass is 10.2. The predicted molar refractivity (Wildman–Crippen MR) is 74.8 cm³/mol. The normalized spacial score (nSPS) is 10.1. The molecule has 0 saturated carbocycles. The van der Waals surface area contributed by atoms with Gasteiger partial charge in [-0.2, -0.15) is 0 Å². The Bertz CT molecular complexity index is 456. The molecule has 1 aromatic heterocycles. The molecule has 0 aliphatic heterocycles. The van der Waals surface area contributed by atoms with E-state index in [4.69, 9.17) is 9.52 Å². The molecule has 0 radical (unpaired) electrons. The fourth-order valence-electron chi connectivity index (χ4n) is 1.68. The van der Waals surface area contributed by atoms with Gasteiger partial charge in [-0.15, -0.1) is 0 Å². The molecular weight excluding hydrogens is 276 g/mol. The Morgan fingerprint density at radius 2 is 1.86 bits per heavy atom. The first-order valence-electron chi connectivity index (χ1n) is 6.90. The van der Waals surface area contributed by atoms with E-state index in [0.717, 1.165) is 12.8 Å². The fraction of sp³-hybridized carbons (Fsp3) is 0.500. The Hall–Kier alpha value is -2.31. The van der Waals surface area contributed by atoms with Crippen LogP contribution in [0.5, 0.6) is 0 Å². The molecule has 116 valence electrons. The average molecular weight is 296 g/mol. The second-order valence-corrected chi connectivity index (χ2v) is 4.54. The van der Waals surface area contributed by atoms with E-state index in [9.17, 15) is 14.4 Å². The quantitative estimate of drug-likeness (QED) is 0.561. The number of furan rings is 1. The smallest absolute Gasteiger partial charge is 0.303 e. The van der Waals surface area contributed by atoms with E-state index in [0.29, 0.717) is 13.0 Å². The number of carboxylic acids is 1. The molecule has 0 atom stereocenters. The predicted octanol–water partition coefficient (Wildman–Crippen LogP) is 1.16. The molecule has 21 heavy (non-hydrogen) atoms. The Morgan fingerprint density at radius 3 is 2.52 bits per heavy atom. The highest BCUT2D eigenvalue weighted by molar-refractivity contribution is 5.91. The standard InChI is InChI=1S/C14H20N2O5/c17-12(15-8-3-1-2-6-13(18)19)7-9-16-14(20)11-5-4-10-21-11/h4-5,10H,1-3,6-9H2,(H,15,17)(H,16,20)(H,18,19). The van der Waals surface area contributed by atoms with Gasteiger partial charge >= 0.3 is 5.97 Å². The number of carboxylic acid groups (broad SMARTS) is 1. The number of hydrogen-bond acceptors (Lipinski definition) is 4. The van der Waals surface area contributed by atoms with Gasteiger partial charge in [0.2, 0.25) is 5.91 Å². The molecule has 1 rings (SSSR count). The van der Waals surface area contributed by atoms with Crippen molar-refractivity contribution < 1.29 is 23.9 Å². The van der Waals surface area contributed by atoms with Crippen molar-refractivity contribution >= 4 is 17.8 Å². The van der Waals surface area contributed by atoms with Crippen LogP contribution in [0.1, 0.15) is 42.7 Å². The largest absolute Gasteiger partial charge is 0.481 e. The van der Waals surface area contributed by atoms with Gasteiger partial charge in [-0.25, -0.2) is 0 Å². The van der Waals surface area contributed by atoms with Crippen LogP contribution in [0.15, 0.2) is 22.8 Å². The van der Waals surface area contributed by atoms with Crippen LogP contribution >= 0.6 is 0 Å². The summed E-state index contributed by atoms with van der Waals surface area (Å²) in [4.78, 5) is 33.2. The maximum atomic E-state index is 11.5. The fourth-order valence-corrected chi connectivity index (χ4v) is 1.68. The zero-order valence-electron chi connectivity index (χ0n) is 11.8. The molecule has 0 bridgehead atoms. The van der Waals surface area contributed by atoms with Crippen LogP contribution in [0.25, 0.3) is 0 Å². The maximum absolute atomic E-state index is 11.5. The van der Waals surface area contributed by atoms with Gasteiger partial charge in [-0.05, 0) is 25.0 Å². The molecule has 0 aliphatic rings. The summed E-state index contributed by atoms with van der Waals surface area (Å²) in [6.07, 6.45) is 3.89. The Kier molecular flexibility index (Phi) is 7.63. The molecule has 0 aromatic carbocycles. The zero-order chi connectivity index (χ0) is 15.5. The molecule has 0 spiro atoms.